The van der Waals surface area contributed by atoms with Gasteiger partial charge in [0.05, 0.1) is 17.9 Å². The lowest BCUT2D eigenvalue weighted by Crippen LogP contribution is -2.31. The van der Waals surface area contributed by atoms with Crippen molar-refractivity contribution in [1.82, 2.24) is 5.43 Å². The van der Waals surface area contributed by atoms with E-state index in [0.29, 0.717) is 11.6 Å². The van der Waals surface area contributed by atoms with Crippen LogP contribution in [0.2, 0.25) is 5.02 Å². The Kier molecular flexibility index (Phi) is 4.11. The molecule has 1 N–H and O–H groups in total. The first-order valence-electron chi connectivity index (χ1n) is 6.91. The molecule has 5 heteroatoms. The molecule has 0 radical (unpaired) electrons. The average Bonchev–Trinajstić information content (AvgIpc) is 2.88. The molecular weight excluding hydrogens is 301 g/mol. The van der Waals surface area contributed by atoms with E-state index in [2.05, 4.69) is 10.4 Å². The van der Waals surface area contributed by atoms with Gasteiger partial charge in [-0.05, 0) is 55.5 Å². The second kappa shape index (κ2) is 6.20. The first kappa shape index (κ1) is 14.6. The van der Waals surface area contributed by atoms with Gasteiger partial charge in [0, 0.05) is 22.5 Å². The molecule has 0 unspecified atom stereocenters. The number of halogens is 2. The summed E-state index contributed by atoms with van der Waals surface area (Å²) in [6.45, 7) is 2.71. The first-order chi connectivity index (χ1) is 10.6. The molecule has 112 valence electrons. The third-order valence-electron chi connectivity index (χ3n) is 3.45. The number of rotatable bonds is 3. The lowest BCUT2D eigenvalue weighted by Gasteiger charge is -2.19. The Hall–Kier alpha value is -2.33. The fourth-order valence-electron chi connectivity index (χ4n) is 2.20. The normalized spacial score (nSPS) is 14.8. The smallest absolute Gasteiger partial charge is 0.123 e. The molecule has 0 bridgehead atoms. The van der Waals surface area contributed by atoms with E-state index < -0.39 is 0 Å². The lowest BCUT2D eigenvalue weighted by molar-refractivity contribution is 0.628. The fraction of sp³-hybridized carbons (Fsp3) is 0.118. The number of benzene rings is 2. The summed E-state index contributed by atoms with van der Waals surface area (Å²) in [5.74, 6) is -0.259. The van der Waals surface area contributed by atoms with Crippen molar-refractivity contribution in [1.29, 1.82) is 0 Å². The van der Waals surface area contributed by atoms with Crippen LogP contribution in [0.3, 0.4) is 0 Å². The van der Waals surface area contributed by atoms with Gasteiger partial charge >= 0.3 is 0 Å². The Morgan fingerprint density at radius 3 is 2.50 bits per heavy atom. The highest BCUT2D eigenvalue weighted by molar-refractivity contribution is 6.30. The van der Waals surface area contributed by atoms with Crippen LogP contribution in [0.25, 0.3) is 0 Å². The van der Waals surface area contributed by atoms with Gasteiger partial charge in [-0.25, -0.2) is 4.39 Å². The average molecular weight is 316 g/mol. The molecule has 0 atom stereocenters. The van der Waals surface area contributed by atoms with E-state index in [1.54, 1.807) is 12.1 Å². The maximum absolute atomic E-state index is 12.9. The summed E-state index contributed by atoms with van der Waals surface area (Å²) in [7, 11) is 0. The van der Waals surface area contributed by atoms with Gasteiger partial charge in [-0.3, -0.25) is 10.0 Å². The van der Waals surface area contributed by atoms with Gasteiger partial charge in [-0.15, -0.1) is 0 Å². The Labute approximate surface area is 133 Å². The SMILES string of the molecule is CC1=C(C=Nc2ccc(F)cc2)CN(c2ccc(Cl)cc2)N1. The molecule has 1 aliphatic heterocycles. The molecule has 1 heterocycles. The molecule has 0 aromatic heterocycles. The van der Waals surface area contributed by atoms with E-state index in [9.17, 15) is 4.39 Å². The molecule has 2 aromatic rings. The number of allylic oxidation sites excluding steroid dienone is 1. The Balaban J connectivity index is 1.71. The molecule has 3 rings (SSSR count). The van der Waals surface area contributed by atoms with Crippen molar-refractivity contribution in [3.63, 3.8) is 0 Å². The van der Waals surface area contributed by atoms with E-state index in [1.165, 1.54) is 12.1 Å². The molecule has 0 spiro atoms. The summed E-state index contributed by atoms with van der Waals surface area (Å²) in [5.41, 5.74) is 7.19. The second-order valence-corrected chi connectivity index (χ2v) is 5.50. The van der Waals surface area contributed by atoms with Crippen molar-refractivity contribution in [2.45, 2.75) is 6.92 Å². The van der Waals surface area contributed by atoms with Crippen LogP contribution in [0.15, 0.2) is 64.8 Å². The predicted molar refractivity (Wildman–Crippen MR) is 89.2 cm³/mol. The number of nitrogens with one attached hydrogen (secondary N) is 1. The number of anilines is 1. The number of hydrazine groups is 1. The maximum atomic E-state index is 12.9. The highest BCUT2D eigenvalue weighted by atomic mass is 35.5. The fourth-order valence-corrected chi connectivity index (χ4v) is 2.32. The lowest BCUT2D eigenvalue weighted by atomic mass is 10.2. The zero-order chi connectivity index (χ0) is 15.5. The predicted octanol–water partition coefficient (Wildman–Crippen LogP) is 4.48. The summed E-state index contributed by atoms with van der Waals surface area (Å²) in [4.78, 5) is 4.38. The largest absolute Gasteiger partial charge is 0.302 e. The molecule has 0 amide bonds. The van der Waals surface area contributed by atoms with Crippen LogP contribution in [-0.2, 0) is 0 Å². The van der Waals surface area contributed by atoms with Gasteiger partial charge in [0.1, 0.15) is 5.82 Å². The van der Waals surface area contributed by atoms with Gasteiger partial charge < -0.3 is 5.43 Å². The van der Waals surface area contributed by atoms with Crippen LogP contribution in [0.5, 0.6) is 0 Å². The third-order valence-corrected chi connectivity index (χ3v) is 3.70. The monoisotopic (exact) mass is 315 g/mol. The van der Waals surface area contributed by atoms with Crippen molar-refractivity contribution >= 4 is 29.2 Å². The van der Waals surface area contributed by atoms with Crippen LogP contribution in [0.1, 0.15) is 6.92 Å². The highest BCUT2D eigenvalue weighted by Gasteiger charge is 2.17. The minimum absolute atomic E-state index is 0.259. The van der Waals surface area contributed by atoms with E-state index >= 15 is 0 Å². The molecule has 2 aromatic carbocycles. The highest BCUT2D eigenvalue weighted by Crippen LogP contribution is 2.22. The molecule has 0 saturated heterocycles. The first-order valence-corrected chi connectivity index (χ1v) is 7.29. The van der Waals surface area contributed by atoms with Crippen LogP contribution in [-0.4, -0.2) is 12.8 Å². The summed E-state index contributed by atoms with van der Waals surface area (Å²) < 4.78 is 12.9. The van der Waals surface area contributed by atoms with Crippen LogP contribution >= 0.6 is 11.6 Å². The second-order valence-electron chi connectivity index (χ2n) is 5.06. The van der Waals surface area contributed by atoms with Crippen molar-refractivity contribution in [2.24, 2.45) is 4.99 Å². The van der Waals surface area contributed by atoms with E-state index in [4.69, 9.17) is 11.6 Å². The molecular formula is C17H15ClFN3. The quantitative estimate of drug-likeness (QED) is 0.846. The van der Waals surface area contributed by atoms with Crippen molar-refractivity contribution in [2.75, 3.05) is 11.6 Å². The van der Waals surface area contributed by atoms with Crippen LogP contribution < -0.4 is 10.4 Å². The van der Waals surface area contributed by atoms with E-state index in [1.807, 2.05) is 42.4 Å². The van der Waals surface area contributed by atoms with Gasteiger partial charge in [0.15, 0.2) is 0 Å². The Morgan fingerprint density at radius 1 is 1.14 bits per heavy atom. The van der Waals surface area contributed by atoms with Crippen molar-refractivity contribution in [3.05, 3.63) is 70.6 Å². The summed E-state index contributed by atoms with van der Waals surface area (Å²) in [5, 5.41) is 2.74. The zero-order valence-electron chi connectivity index (χ0n) is 12.1. The van der Waals surface area contributed by atoms with Gasteiger partial charge in [-0.2, -0.15) is 0 Å². The summed E-state index contributed by atoms with van der Waals surface area (Å²) >= 11 is 5.91. The number of hydrogen-bond donors (Lipinski definition) is 1. The Morgan fingerprint density at radius 2 is 1.82 bits per heavy atom. The topological polar surface area (TPSA) is 27.6 Å². The van der Waals surface area contributed by atoms with Crippen LogP contribution in [0, 0.1) is 5.82 Å². The molecule has 3 nitrogen and oxygen atoms in total. The molecule has 0 fully saturated rings. The van der Waals surface area contributed by atoms with E-state index in [-0.39, 0.29) is 5.82 Å². The van der Waals surface area contributed by atoms with Gasteiger partial charge in [0.25, 0.3) is 0 Å². The maximum Gasteiger partial charge on any atom is 0.123 e. The molecule has 22 heavy (non-hydrogen) atoms. The number of aliphatic imine (C=N–C) groups is 1. The van der Waals surface area contributed by atoms with E-state index in [0.717, 1.165) is 22.6 Å². The van der Waals surface area contributed by atoms with Gasteiger partial charge in [-0.1, -0.05) is 11.6 Å². The number of hydrogen-bond acceptors (Lipinski definition) is 3. The van der Waals surface area contributed by atoms with Crippen molar-refractivity contribution in [3.8, 4) is 0 Å². The standard InChI is InChI=1S/C17H15ClFN3/c1-12-13(10-20-16-6-4-15(19)5-7-16)11-22(21-12)17-8-2-14(18)3-9-17/h2-10,21H,11H2,1H3. The van der Waals surface area contributed by atoms with Crippen LogP contribution in [0.4, 0.5) is 15.8 Å². The molecule has 0 saturated carbocycles. The minimum atomic E-state index is -0.259. The van der Waals surface area contributed by atoms with Crippen molar-refractivity contribution < 1.29 is 4.39 Å². The Bertz CT molecular complexity index is 721. The third kappa shape index (κ3) is 3.28. The molecule has 0 aliphatic carbocycles. The summed E-state index contributed by atoms with van der Waals surface area (Å²) in [6.07, 6.45) is 1.81. The number of nitrogens with zero attached hydrogens (tertiary/aromatic N) is 2. The summed E-state index contributed by atoms with van der Waals surface area (Å²) in [6, 6.07) is 13.8. The zero-order valence-corrected chi connectivity index (χ0v) is 12.8. The minimum Gasteiger partial charge on any atom is -0.302 e. The molecule has 1 aliphatic rings. The van der Waals surface area contributed by atoms with Gasteiger partial charge in [0.2, 0.25) is 0 Å².